The second kappa shape index (κ2) is 24.9. The van der Waals surface area contributed by atoms with Crippen LogP contribution in [0.4, 0.5) is 4.79 Å². The molecular weight excluding hydrogens is 680 g/mol. The molecule has 0 saturated carbocycles. The number of nitrogens with one attached hydrogen (secondary N) is 1. The Labute approximate surface area is 309 Å². The van der Waals surface area contributed by atoms with Crippen LogP contribution < -0.4 is 11.1 Å². The van der Waals surface area contributed by atoms with Crippen LogP contribution in [0.3, 0.4) is 0 Å². The lowest BCUT2D eigenvalue weighted by Gasteiger charge is -2.23. The monoisotopic (exact) mass is 738 g/mol. The Morgan fingerprint density at radius 3 is 1.51 bits per heavy atom. The fraction of sp³-hybridized carbons (Fsp3) is 0.553. The van der Waals surface area contributed by atoms with E-state index < -0.39 is 41.2 Å². The van der Waals surface area contributed by atoms with Crippen molar-refractivity contribution in [3.05, 3.63) is 71.8 Å². The van der Waals surface area contributed by atoms with Crippen molar-refractivity contribution in [1.82, 2.24) is 5.32 Å². The molecule has 2 aromatic rings. The number of carbonyl (C=O) groups excluding carboxylic acids is 4. The first-order chi connectivity index (χ1) is 23.1. The molecule has 0 aliphatic rings. The number of carbonyl (C=O) groups is 5. The van der Waals surface area contributed by atoms with Gasteiger partial charge >= 0.3 is 30.0 Å². The largest absolute Gasteiger partial charge is 0.481 e. The molecule has 0 aromatic heterocycles. The molecule has 51 heavy (non-hydrogen) atoms. The third-order valence-corrected chi connectivity index (χ3v) is 6.33. The van der Waals surface area contributed by atoms with Gasteiger partial charge in [-0.1, -0.05) is 74.5 Å². The highest BCUT2D eigenvalue weighted by molar-refractivity contribution is 5.85. The van der Waals surface area contributed by atoms with E-state index in [-0.39, 0.29) is 55.9 Å². The zero-order valence-corrected chi connectivity index (χ0v) is 32.5. The van der Waals surface area contributed by atoms with Crippen LogP contribution in [0.2, 0.25) is 0 Å². The molecule has 12 nitrogen and oxygen atoms in total. The number of aliphatic carboxylic acids is 1. The smallest absolute Gasteiger partial charge is 0.407 e. The van der Waals surface area contributed by atoms with E-state index in [9.17, 15) is 24.0 Å². The second-order valence-corrected chi connectivity index (χ2v) is 14.0. The van der Waals surface area contributed by atoms with E-state index in [0.717, 1.165) is 11.1 Å². The lowest BCUT2D eigenvalue weighted by atomic mass is 10.0. The maximum atomic E-state index is 11.9. The Bertz CT molecular complexity index is 1310. The molecule has 1 amide bonds. The number of hydrogen-bond acceptors (Lipinski definition) is 10. The third-order valence-electron chi connectivity index (χ3n) is 6.33. The minimum atomic E-state index is -0.989. The molecule has 0 fully saturated rings. The number of halogens is 1. The zero-order chi connectivity index (χ0) is 38.5. The van der Waals surface area contributed by atoms with E-state index in [1.165, 1.54) is 6.92 Å². The number of benzene rings is 2. The van der Waals surface area contributed by atoms with Crippen molar-refractivity contribution in [3.8, 4) is 0 Å². The number of carboxylic acid groups (broad SMARTS) is 1. The van der Waals surface area contributed by atoms with Crippen LogP contribution in [-0.4, -0.2) is 58.4 Å². The lowest BCUT2D eigenvalue weighted by molar-refractivity contribution is -0.159. The number of hydrogen-bond donors (Lipinski definition) is 3. The van der Waals surface area contributed by atoms with Crippen LogP contribution in [0.25, 0.3) is 0 Å². The van der Waals surface area contributed by atoms with Crippen molar-refractivity contribution in [3.63, 3.8) is 0 Å². The van der Waals surface area contributed by atoms with Crippen molar-refractivity contribution in [2.24, 2.45) is 17.6 Å². The first-order valence-corrected chi connectivity index (χ1v) is 16.7. The molecule has 0 bridgehead atoms. The van der Waals surface area contributed by atoms with Gasteiger partial charge in [0, 0.05) is 6.04 Å². The summed E-state index contributed by atoms with van der Waals surface area (Å²) in [7, 11) is 0. The fourth-order valence-electron chi connectivity index (χ4n) is 3.59. The van der Waals surface area contributed by atoms with Crippen molar-refractivity contribution in [2.45, 2.75) is 125 Å². The van der Waals surface area contributed by atoms with E-state index in [2.05, 4.69) is 5.32 Å². The minimum Gasteiger partial charge on any atom is -0.481 e. The van der Waals surface area contributed by atoms with Gasteiger partial charge in [0.05, 0.1) is 18.3 Å². The SMILES string of the molecule is C[C@H](CC(=O)OCc1ccccc1)C(=O)O.C[C@H](CC[C@H](C)NC(=O)OCc1ccccc1)C(=O)OC(C)(C)C.C[C@H](N)C(=O)OC(C)(C)C.Cl. The Balaban J connectivity index is 0. The summed E-state index contributed by atoms with van der Waals surface area (Å²) in [6, 6.07) is 18.2. The Kier molecular flexibility index (Phi) is 23.9. The van der Waals surface area contributed by atoms with Gasteiger partial charge in [-0.2, -0.15) is 0 Å². The summed E-state index contributed by atoms with van der Waals surface area (Å²) in [5.74, 6) is -2.94. The zero-order valence-electron chi connectivity index (χ0n) is 31.7. The van der Waals surface area contributed by atoms with Crippen molar-refractivity contribution < 1.29 is 48.0 Å². The Hall–Kier alpha value is -4.16. The van der Waals surface area contributed by atoms with Crippen LogP contribution >= 0.6 is 12.4 Å². The predicted molar refractivity (Wildman–Crippen MR) is 198 cm³/mol. The predicted octanol–water partition coefficient (Wildman–Crippen LogP) is 7.00. The molecule has 0 spiro atoms. The van der Waals surface area contributed by atoms with Crippen LogP contribution in [0.1, 0.15) is 99.6 Å². The topological polar surface area (TPSA) is 181 Å². The van der Waals surface area contributed by atoms with Gasteiger partial charge < -0.3 is 35.1 Å². The van der Waals surface area contributed by atoms with Gasteiger partial charge in [0.1, 0.15) is 30.5 Å². The Morgan fingerprint density at radius 2 is 1.12 bits per heavy atom. The molecule has 288 valence electrons. The fourth-order valence-corrected chi connectivity index (χ4v) is 3.59. The molecule has 2 aromatic carbocycles. The van der Waals surface area contributed by atoms with E-state index in [1.54, 1.807) is 6.92 Å². The standard InChI is InChI=1S/C19H29NO4.C12H14O4.C7H15NO2.ClH/c1-14(17(21)24-19(3,4)5)11-12-15(2)20-18(22)23-13-16-9-7-6-8-10-16;1-9(12(14)15)7-11(13)16-8-10-5-3-2-4-6-10;1-5(8)6(9)10-7(2,3)4;/h6-10,14-15H,11-13H2,1-5H3,(H,20,22);2-6,9H,7-8H2,1H3,(H,14,15);5H,8H2,1-4H3;1H/t14-,15+;9-;5-;/m110./s1. The molecule has 4 N–H and O–H groups in total. The van der Waals surface area contributed by atoms with Gasteiger partial charge in [0.15, 0.2) is 0 Å². The normalized spacial score (nSPS) is 13.0. The number of ether oxygens (including phenoxy) is 4. The molecule has 0 radical (unpaired) electrons. The highest BCUT2D eigenvalue weighted by Crippen LogP contribution is 2.16. The lowest BCUT2D eigenvalue weighted by Crippen LogP contribution is -2.35. The van der Waals surface area contributed by atoms with Crippen molar-refractivity contribution >= 4 is 42.4 Å². The summed E-state index contributed by atoms with van der Waals surface area (Å²) in [4.78, 5) is 56.2. The summed E-state index contributed by atoms with van der Waals surface area (Å²) in [6.45, 7) is 18.2. The van der Waals surface area contributed by atoms with E-state index in [1.807, 2.05) is 116 Å². The van der Waals surface area contributed by atoms with Crippen LogP contribution in [0.5, 0.6) is 0 Å². The summed E-state index contributed by atoms with van der Waals surface area (Å²) in [5, 5.41) is 11.4. The van der Waals surface area contributed by atoms with E-state index in [0.29, 0.717) is 12.8 Å². The van der Waals surface area contributed by atoms with Crippen molar-refractivity contribution in [1.29, 1.82) is 0 Å². The molecule has 13 heteroatoms. The number of alkyl carbamates (subject to hydrolysis) is 1. The maximum absolute atomic E-state index is 11.9. The third kappa shape index (κ3) is 27.3. The number of esters is 3. The van der Waals surface area contributed by atoms with Crippen LogP contribution in [0.15, 0.2) is 60.7 Å². The molecular formula is C38H59ClN2O10. The molecule has 0 heterocycles. The van der Waals surface area contributed by atoms with Gasteiger partial charge in [0.25, 0.3) is 0 Å². The number of rotatable bonds is 13. The van der Waals surface area contributed by atoms with E-state index >= 15 is 0 Å². The average molecular weight is 739 g/mol. The van der Waals surface area contributed by atoms with Gasteiger partial charge in [0.2, 0.25) is 0 Å². The minimum absolute atomic E-state index is 0. The quantitative estimate of drug-likeness (QED) is 0.142. The molecule has 0 aliphatic heterocycles. The number of nitrogens with two attached hydrogens (primary N) is 1. The number of amides is 1. The molecule has 2 rings (SSSR count). The summed E-state index contributed by atoms with van der Waals surface area (Å²) in [6.07, 6.45) is 0.786. The van der Waals surface area contributed by atoms with Gasteiger partial charge in [-0.15, -0.1) is 12.4 Å². The Morgan fingerprint density at radius 1 is 0.686 bits per heavy atom. The molecule has 0 unspecified atom stereocenters. The summed E-state index contributed by atoms with van der Waals surface area (Å²) >= 11 is 0. The maximum Gasteiger partial charge on any atom is 0.407 e. The van der Waals surface area contributed by atoms with Gasteiger partial charge in [-0.3, -0.25) is 19.2 Å². The van der Waals surface area contributed by atoms with Crippen LogP contribution in [-0.2, 0) is 51.3 Å². The summed E-state index contributed by atoms with van der Waals surface area (Å²) < 4.78 is 20.4. The average Bonchev–Trinajstić information content (AvgIpc) is 3.01. The highest BCUT2D eigenvalue weighted by Gasteiger charge is 2.22. The summed E-state index contributed by atoms with van der Waals surface area (Å²) in [5.41, 5.74) is 6.20. The van der Waals surface area contributed by atoms with Crippen molar-refractivity contribution in [2.75, 3.05) is 0 Å². The molecule has 0 saturated heterocycles. The van der Waals surface area contributed by atoms with Gasteiger partial charge in [-0.05, 0) is 79.4 Å². The molecule has 4 atom stereocenters. The van der Waals surface area contributed by atoms with Crippen LogP contribution in [0, 0.1) is 11.8 Å². The molecule has 0 aliphatic carbocycles. The van der Waals surface area contributed by atoms with E-state index in [4.69, 9.17) is 29.8 Å². The van der Waals surface area contributed by atoms with Gasteiger partial charge in [-0.25, -0.2) is 4.79 Å². The first-order valence-electron chi connectivity index (χ1n) is 16.7. The number of carboxylic acids is 1. The first kappa shape index (κ1) is 49.0. The second-order valence-electron chi connectivity index (χ2n) is 14.0. The highest BCUT2D eigenvalue weighted by atomic mass is 35.5.